The van der Waals surface area contributed by atoms with Gasteiger partial charge in [-0.05, 0) is 47.9 Å². The Morgan fingerprint density at radius 2 is 1.45 bits per heavy atom. The third kappa shape index (κ3) is 3.75. The highest BCUT2D eigenvalue weighted by Crippen LogP contribution is 2.45. The second-order valence-electron chi connectivity index (χ2n) is 9.61. The number of benzene rings is 2. The lowest BCUT2D eigenvalue weighted by Gasteiger charge is -2.38. The number of fused-ring (bicyclic) bond motifs is 5. The van der Waals surface area contributed by atoms with Crippen LogP contribution in [0.2, 0.25) is 0 Å². The summed E-state index contributed by atoms with van der Waals surface area (Å²) in [6, 6.07) is 16.9. The first-order chi connectivity index (χ1) is 16.2. The molecule has 0 aromatic heterocycles. The molecule has 6 heteroatoms. The lowest BCUT2D eigenvalue weighted by atomic mass is 9.86. The highest BCUT2D eigenvalue weighted by atomic mass is 16.7. The normalized spacial score (nSPS) is 26.3. The number of amides is 1. The van der Waals surface area contributed by atoms with Crippen LogP contribution < -0.4 is 0 Å². The first-order valence-corrected chi connectivity index (χ1v) is 12.1. The SMILES string of the molecule is O=C(CC1OCCO1)C1CC2CCC(C1)N2C(=O)OCC1c2ccccc2-c2ccccc21. The number of carbonyl (C=O) groups excluding carboxylic acids is 2. The largest absolute Gasteiger partial charge is 0.448 e. The fraction of sp³-hybridized carbons (Fsp3) is 0.481. The van der Waals surface area contributed by atoms with Gasteiger partial charge in [0.1, 0.15) is 12.4 Å². The van der Waals surface area contributed by atoms with Crippen LogP contribution in [0.4, 0.5) is 4.79 Å². The van der Waals surface area contributed by atoms with Crippen LogP contribution in [0, 0.1) is 5.92 Å². The highest BCUT2D eigenvalue weighted by molar-refractivity contribution is 5.82. The van der Waals surface area contributed by atoms with E-state index in [1.54, 1.807) is 0 Å². The summed E-state index contributed by atoms with van der Waals surface area (Å²) in [5, 5.41) is 0. The summed E-state index contributed by atoms with van der Waals surface area (Å²) in [6.45, 7) is 1.45. The second kappa shape index (κ2) is 8.58. The predicted octanol–water partition coefficient (Wildman–Crippen LogP) is 4.51. The van der Waals surface area contributed by atoms with E-state index in [2.05, 4.69) is 36.4 Å². The van der Waals surface area contributed by atoms with Gasteiger partial charge in [-0.25, -0.2) is 4.79 Å². The summed E-state index contributed by atoms with van der Waals surface area (Å²) in [6.07, 6.45) is 2.99. The van der Waals surface area contributed by atoms with E-state index in [0.717, 1.165) is 12.8 Å². The number of hydrogen-bond donors (Lipinski definition) is 0. The van der Waals surface area contributed by atoms with Crippen LogP contribution in [-0.2, 0) is 19.0 Å². The van der Waals surface area contributed by atoms with Crippen molar-refractivity contribution in [2.75, 3.05) is 19.8 Å². The van der Waals surface area contributed by atoms with Crippen molar-refractivity contribution in [3.05, 3.63) is 59.7 Å². The maximum absolute atomic E-state index is 13.2. The standard InChI is InChI=1S/C27H29NO5/c29-25(15-26-31-11-12-32-26)17-13-18-9-10-19(14-17)28(18)27(30)33-16-24-22-7-3-1-5-20(22)21-6-2-4-8-23(21)24/h1-8,17-19,24,26H,9-16H2. The first kappa shape index (κ1) is 20.9. The van der Waals surface area contributed by atoms with E-state index in [0.29, 0.717) is 39.1 Å². The van der Waals surface area contributed by atoms with Crippen LogP contribution in [0.5, 0.6) is 0 Å². The van der Waals surface area contributed by atoms with Gasteiger partial charge in [-0.1, -0.05) is 48.5 Å². The fourth-order valence-corrected chi connectivity index (χ4v) is 6.26. The third-order valence-corrected chi connectivity index (χ3v) is 7.79. The number of nitrogens with zero attached hydrogens (tertiary/aromatic N) is 1. The number of ether oxygens (including phenoxy) is 3. The summed E-state index contributed by atoms with van der Waals surface area (Å²) in [5.74, 6) is 0.239. The topological polar surface area (TPSA) is 65.1 Å². The van der Waals surface area contributed by atoms with Gasteiger partial charge in [0.15, 0.2) is 6.29 Å². The maximum Gasteiger partial charge on any atom is 0.410 e. The van der Waals surface area contributed by atoms with E-state index >= 15 is 0 Å². The van der Waals surface area contributed by atoms with Crippen molar-refractivity contribution in [3.8, 4) is 11.1 Å². The van der Waals surface area contributed by atoms with E-state index < -0.39 is 6.29 Å². The molecule has 0 N–H and O–H groups in total. The van der Waals surface area contributed by atoms with E-state index in [4.69, 9.17) is 14.2 Å². The molecule has 2 bridgehead atoms. The van der Waals surface area contributed by atoms with Gasteiger partial charge < -0.3 is 19.1 Å². The Morgan fingerprint density at radius 1 is 0.879 bits per heavy atom. The molecule has 6 nitrogen and oxygen atoms in total. The maximum atomic E-state index is 13.2. The minimum absolute atomic E-state index is 0.0204. The molecule has 0 saturated carbocycles. The van der Waals surface area contributed by atoms with Crippen molar-refractivity contribution in [1.29, 1.82) is 0 Å². The van der Waals surface area contributed by atoms with Crippen LogP contribution in [0.3, 0.4) is 0 Å². The van der Waals surface area contributed by atoms with Crippen LogP contribution in [0.15, 0.2) is 48.5 Å². The van der Waals surface area contributed by atoms with Gasteiger partial charge in [-0.15, -0.1) is 0 Å². The van der Waals surface area contributed by atoms with Crippen LogP contribution >= 0.6 is 0 Å². The lowest BCUT2D eigenvalue weighted by molar-refractivity contribution is -0.133. The van der Waals surface area contributed by atoms with E-state index in [1.807, 2.05) is 17.0 Å². The highest BCUT2D eigenvalue weighted by Gasteiger charge is 2.46. The third-order valence-electron chi connectivity index (χ3n) is 7.79. The summed E-state index contributed by atoms with van der Waals surface area (Å²) < 4.78 is 16.8. The number of rotatable bonds is 5. The molecule has 2 aromatic carbocycles. The van der Waals surface area contributed by atoms with Gasteiger partial charge in [0, 0.05) is 23.9 Å². The lowest BCUT2D eigenvalue weighted by Crippen LogP contribution is -2.48. The molecular formula is C27H29NO5. The summed E-state index contributed by atoms with van der Waals surface area (Å²) >= 11 is 0. The number of piperidine rings is 1. The molecule has 2 aromatic rings. The van der Waals surface area contributed by atoms with E-state index in [1.165, 1.54) is 22.3 Å². The van der Waals surface area contributed by atoms with Gasteiger partial charge in [0.25, 0.3) is 0 Å². The number of ketones is 1. The molecule has 2 unspecified atom stereocenters. The van der Waals surface area contributed by atoms with E-state index in [9.17, 15) is 9.59 Å². The molecule has 3 heterocycles. The Balaban J connectivity index is 1.11. The Bertz CT molecular complexity index is 1000. The zero-order valence-electron chi connectivity index (χ0n) is 18.7. The Hall–Kier alpha value is -2.70. The Morgan fingerprint density at radius 3 is 2.06 bits per heavy atom. The van der Waals surface area contributed by atoms with Crippen molar-refractivity contribution in [2.45, 2.75) is 56.4 Å². The minimum atomic E-state index is -0.393. The number of hydrogen-bond acceptors (Lipinski definition) is 5. The van der Waals surface area contributed by atoms with Crippen LogP contribution in [0.25, 0.3) is 11.1 Å². The minimum Gasteiger partial charge on any atom is -0.448 e. The summed E-state index contributed by atoms with van der Waals surface area (Å²) in [7, 11) is 0. The van der Waals surface area contributed by atoms with Crippen LogP contribution in [0.1, 0.15) is 49.1 Å². The monoisotopic (exact) mass is 447 g/mol. The van der Waals surface area contributed by atoms with Gasteiger partial charge in [0.2, 0.25) is 0 Å². The molecule has 1 amide bonds. The molecular weight excluding hydrogens is 418 g/mol. The number of Topliss-reactive ketones (excluding diaryl/α,β-unsaturated/α-hetero) is 1. The van der Waals surface area contributed by atoms with Gasteiger partial charge in [-0.3, -0.25) is 4.79 Å². The van der Waals surface area contributed by atoms with Crippen molar-refractivity contribution >= 4 is 11.9 Å². The molecule has 172 valence electrons. The second-order valence-corrected chi connectivity index (χ2v) is 9.61. The Labute approximate surface area is 193 Å². The van der Waals surface area contributed by atoms with Gasteiger partial charge in [0.05, 0.1) is 19.6 Å². The quantitative estimate of drug-likeness (QED) is 0.675. The van der Waals surface area contributed by atoms with E-state index in [-0.39, 0.29) is 35.8 Å². The fourth-order valence-electron chi connectivity index (χ4n) is 6.26. The number of carbonyl (C=O) groups is 2. The molecule has 3 aliphatic heterocycles. The van der Waals surface area contributed by atoms with Crippen molar-refractivity contribution in [2.24, 2.45) is 5.92 Å². The molecule has 0 spiro atoms. The molecule has 1 aliphatic carbocycles. The summed E-state index contributed by atoms with van der Waals surface area (Å²) in [5.41, 5.74) is 4.89. The van der Waals surface area contributed by atoms with Crippen LogP contribution in [-0.4, -0.2) is 55.0 Å². The molecule has 6 rings (SSSR count). The average molecular weight is 448 g/mol. The van der Waals surface area contributed by atoms with Crippen molar-refractivity contribution in [1.82, 2.24) is 4.90 Å². The molecule has 4 aliphatic rings. The molecule has 2 atom stereocenters. The zero-order valence-corrected chi connectivity index (χ0v) is 18.7. The van der Waals surface area contributed by atoms with Gasteiger partial charge in [-0.2, -0.15) is 0 Å². The van der Waals surface area contributed by atoms with Crippen molar-refractivity contribution < 1.29 is 23.8 Å². The van der Waals surface area contributed by atoms with Gasteiger partial charge >= 0.3 is 6.09 Å². The Kier molecular flexibility index (Phi) is 5.43. The van der Waals surface area contributed by atoms with Crippen molar-refractivity contribution in [3.63, 3.8) is 0 Å². The zero-order chi connectivity index (χ0) is 22.4. The molecule has 0 radical (unpaired) electrons. The summed E-state index contributed by atoms with van der Waals surface area (Å²) in [4.78, 5) is 27.9. The molecule has 3 fully saturated rings. The average Bonchev–Trinajstić information content (AvgIpc) is 3.53. The molecule has 3 saturated heterocycles. The predicted molar refractivity (Wildman–Crippen MR) is 122 cm³/mol. The smallest absolute Gasteiger partial charge is 0.410 e. The first-order valence-electron chi connectivity index (χ1n) is 12.1. The molecule has 33 heavy (non-hydrogen) atoms.